The molecule has 1 nitrogen and oxygen atoms in total. The molecule has 0 aliphatic heterocycles. The van der Waals surface area contributed by atoms with E-state index < -0.39 is 10.8 Å². The first-order chi connectivity index (χ1) is 33.2. The Morgan fingerprint density at radius 3 is 1.37 bits per heavy atom. The van der Waals surface area contributed by atoms with Crippen LogP contribution in [0.1, 0.15) is 44.5 Å². The highest BCUT2D eigenvalue weighted by molar-refractivity contribution is 5.94. The molecular formula is C66H45N. The SMILES string of the molecule is c1ccc(-c2ccc(N(c3ccc(-c4ccc5ccccc5c4)cc3)c3ccccc3C3(c4ccccc4)c4ccccc4C4(c5ccccc5)c5ccccc5-c5cccc3c54)cc2)cc1. The highest BCUT2D eigenvalue weighted by Crippen LogP contribution is 2.66. The van der Waals surface area contributed by atoms with Gasteiger partial charge in [-0.05, 0) is 125 Å². The molecule has 0 N–H and O–H groups in total. The minimum absolute atomic E-state index is 0.529. The molecule has 2 unspecified atom stereocenters. The Hall–Kier alpha value is -8.52. The van der Waals surface area contributed by atoms with E-state index >= 15 is 0 Å². The van der Waals surface area contributed by atoms with E-state index in [-0.39, 0.29) is 0 Å². The standard InChI is InChI=1S/C66H45N/c1-4-19-46(20-5-1)48-37-41-54(42-38-48)67(55-43-39-49(40-44-55)51-36-35-47-21-10-11-22-50(47)45-51)63-34-17-16-32-61(63)65(52-23-6-2-7-24-52)59-30-14-15-31-60(59)66(53-25-8-3-9-26-53)58-29-13-12-27-56(58)57-28-18-33-62(65)64(57)66/h1-45H. The van der Waals surface area contributed by atoms with E-state index in [2.05, 4.69) is 278 Å². The summed E-state index contributed by atoms with van der Waals surface area (Å²) in [6, 6.07) is 102. The molecule has 2 aliphatic rings. The third-order valence-corrected chi connectivity index (χ3v) is 14.6. The molecule has 0 spiro atoms. The fraction of sp³-hybridized carbons (Fsp3) is 0.0303. The summed E-state index contributed by atoms with van der Waals surface area (Å²) in [4.78, 5) is 2.48. The van der Waals surface area contributed by atoms with Gasteiger partial charge in [-0.3, -0.25) is 0 Å². The van der Waals surface area contributed by atoms with E-state index in [0.29, 0.717) is 0 Å². The molecule has 0 saturated carbocycles. The van der Waals surface area contributed by atoms with Gasteiger partial charge in [0.2, 0.25) is 0 Å². The Kier molecular flexibility index (Phi) is 9.05. The largest absolute Gasteiger partial charge is 0.310 e. The van der Waals surface area contributed by atoms with Crippen LogP contribution in [0.5, 0.6) is 0 Å². The van der Waals surface area contributed by atoms with Gasteiger partial charge in [-0.25, -0.2) is 0 Å². The van der Waals surface area contributed by atoms with Crippen molar-refractivity contribution >= 4 is 27.8 Å². The van der Waals surface area contributed by atoms with Crippen LogP contribution in [-0.2, 0) is 10.8 Å². The first-order valence-corrected chi connectivity index (χ1v) is 23.3. The molecule has 2 atom stereocenters. The lowest BCUT2D eigenvalue weighted by atomic mass is 9.51. The maximum Gasteiger partial charge on any atom is 0.0728 e. The van der Waals surface area contributed by atoms with Gasteiger partial charge in [-0.15, -0.1) is 0 Å². The average Bonchev–Trinajstić information content (AvgIpc) is 3.72. The topological polar surface area (TPSA) is 3.24 Å². The number of nitrogens with zero attached hydrogens (tertiary/aromatic N) is 1. The Bertz CT molecular complexity index is 3610. The van der Waals surface area contributed by atoms with Crippen molar-refractivity contribution in [3.8, 4) is 33.4 Å². The Morgan fingerprint density at radius 2 is 0.701 bits per heavy atom. The smallest absolute Gasteiger partial charge is 0.0728 e. The van der Waals surface area contributed by atoms with Crippen LogP contribution in [-0.4, -0.2) is 0 Å². The van der Waals surface area contributed by atoms with E-state index in [1.807, 2.05) is 0 Å². The van der Waals surface area contributed by atoms with E-state index in [0.717, 1.165) is 17.1 Å². The zero-order chi connectivity index (χ0) is 44.4. The first kappa shape index (κ1) is 38.9. The van der Waals surface area contributed by atoms with Gasteiger partial charge in [0, 0.05) is 11.4 Å². The van der Waals surface area contributed by atoms with Crippen molar-refractivity contribution in [1.29, 1.82) is 0 Å². The van der Waals surface area contributed by atoms with Gasteiger partial charge in [-0.1, -0.05) is 237 Å². The molecule has 0 amide bonds. The molecule has 0 fully saturated rings. The molecule has 1 heteroatoms. The summed E-state index contributed by atoms with van der Waals surface area (Å²) in [7, 11) is 0. The fourth-order valence-electron chi connectivity index (χ4n) is 11.8. The van der Waals surface area contributed by atoms with Crippen LogP contribution >= 0.6 is 0 Å². The van der Waals surface area contributed by atoms with Crippen LogP contribution < -0.4 is 4.90 Å². The highest BCUT2D eigenvalue weighted by atomic mass is 15.1. The minimum atomic E-state index is -0.729. The minimum Gasteiger partial charge on any atom is -0.310 e. The van der Waals surface area contributed by atoms with Gasteiger partial charge in [-0.2, -0.15) is 0 Å². The van der Waals surface area contributed by atoms with Crippen molar-refractivity contribution in [1.82, 2.24) is 0 Å². The van der Waals surface area contributed by atoms with Crippen molar-refractivity contribution in [3.05, 3.63) is 317 Å². The predicted molar refractivity (Wildman–Crippen MR) is 279 cm³/mol. The third kappa shape index (κ3) is 5.81. The van der Waals surface area contributed by atoms with Crippen LogP contribution in [0.3, 0.4) is 0 Å². The van der Waals surface area contributed by atoms with Crippen LogP contribution in [0.4, 0.5) is 17.1 Å². The summed E-state index contributed by atoms with van der Waals surface area (Å²) in [6.45, 7) is 0. The van der Waals surface area contributed by atoms with E-state index in [1.54, 1.807) is 0 Å². The molecule has 0 radical (unpaired) electrons. The average molecular weight is 852 g/mol. The second-order valence-corrected chi connectivity index (χ2v) is 17.9. The molecule has 314 valence electrons. The van der Waals surface area contributed by atoms with Gasteiger partial charge in [0.05, 0.1) is 16.5 Å². The van der Waals surface area contributed by atoms with Crippen molar-refractivity contribution in [3.63, 3.8) is 0 Å². The quantitative estimate of drug-likeness (QED) is 0.147. The molecule has 0 aromatic heterocycles. The van der Waals surface area contributed by atoms with Gasteiger partial charge in [0.25, 0.3) is 0 Å². The molecule has 13 rings (SSSR count). The van der Waals surface area contributed by atoms with Crippen molar-refractivity contribution in [2.75, 3.05) is 4.90 Å². The molecule has 67 heavy (non-hydrogen) atoms. The van der Waals surface area contributed by atoms with Crippen LogP contribution in [0.25, 0.3) is 44.2 Å². The fourth-order valence-corrected chi connectivity index (χ4v) is 11.8. The Labute approximate surface area is 392 Å². The second-order valence-electron chi connectivity index (χ2n) is 17.9. The highest BCUT2D eigenvalue weighted by Gasteiger charge is 2.58. The van der Waals surface area contributed by atoms with Gasteiger partial charge in [0.1, 0.15) is 0 Å². The first-order valence-electron chi connectivity index (χ1n) is 23.3. The van der Waals surface area contributed by atoms with E-state index in [9.17, 15) is 0 Å². The number of hydrogen-bond donors (Lipinski definition) is 0. The lowest BCUT2D eigenvalue weighted by molar-refractivity contribution is 0.627. The van der Waals surface area contributed by atoms with E-state index in [1.165, 1.54) is 88.7 Å². The van der Waals surface area contributed by atoms with Crippen LogP contribution in [0.15, 0.2) is 273 Å². The monoisotopic (exact) mass is 851 g/mol. The number of hydrogen-bond acceptors (Lipinski definition) is 1. The number of benzene rings is 11. The molecule has 11 aromatic carbocycles. The van der Waals surface area contributed by atoms with Crippen molar-refractivity contribution < 1.29 is 0 Å². The maximum atomic E-state index is 2.48. The summed E-state index contributed by atoms with van der Waals surface area (Å²) in [6.07, 6.45) is 0. The van der Waals surface area contributed by atoms with Gasteiger partial charge < -0.3 is 4.90 Å². The Balaban J connectivity index is 1.09. The van der Waals surface area contributed by atoms with E-state index in [4.69, 9.17) is 0 Å². The molecular weight excluding hydrogens is 807 g/mol. The van der Waals surface area contributed by atoms with Crippen molar-refractivity contribution in [2.45, 2.75) is 10.8 Å². The summed E-state index contributed by atoms with van der Waals surface area (Å²) in [5.41, 5.74) is 19.7. The summed E-state index contributed by atoms with van der Waals surface area (Å²) in [5, 5.41) is 2.49. The van der Waals surface area contributed by atoms with Crippen LogP contribution in [0, 0.1) is 0 Å². The van der Waals surface area contributed by atoms with Gasteiger partial charge >= 0.3 is 0 Å². The zero-order valence-corrected chi connectivity index (χ0v) is 36.9. The number of fused-ring (bicyclic) bond motifs is 6. The summed E-state index contributed by atoms with van der Waals surface area (Å²) in [5.74, 6) is 0. The number of anilines is 3. The second kappa shape index (κ2) is 15.6. The molecule has 2 aliphatic carbocycles. The molecule has 0 bridgehead atoms. The van der Waals surface area contributed by atoms with Crippen molar-refractivity contribution in [2.24, 2.45) is 0 Å². The van der Waals surface area contributed by atoms with Gasteiger partial charge in [0.15, 0.2) is 0 Å². The molecule has 11 aromatic rings. The number of rotatable bonds is 8. The Morgan fingerprint density at radius 1 is 0.254 bits per heavy atom. The molecule has 0 heterocycles. The summed E-state index contributed by atoms with van der Waals surface area (Å²) < 4.78 is 0. The lowest BCUT2D eigenvalue weighted by Crippen LogP contribution is -2.44. The maximum absolute atomic E-state index is 2.48. The normalized spacial score (nSPS) is 16.5. The predicted octanol–water partition coefficient (Wildman–Crippen LogP) is 16.7. The number of para-hydroxylation sites is 1. The summed E-state index contributed by atoms with van der Waals surface area (Å²) >= 11 is 0. The molecule has 0 saturated heterocycles. The van der Waals surface area contributed by atoms with Crippen LogP contribution in [0.2, 0.25) is 0 Å². The lowest BCUT2D eigenvalue weighted by Gasteiger charge is -2.50. The third-order valence-electron chi connectivity index (χ3n) is 14.6. The zero-order valence-electron chi connectivity index (χ0n) is 36.9.